The Morgan fingerprint density at radius 2 is 2.10 bits per heavy atom. The van der Waals surface area contributed by atoms with Crippen molar-refractivity contribution in [2.45, 2.75) is 31.8 Å². The van der Waals surface area contributed by atoms with E-state index in [-0.39, 0.29) is 0 Å². The van der Waals surface area contributed by atoms with Crippen LogP contribution in [0.4, 0.5) is 0 Å². The van der Waals surface area contributed by atoms with Crippen molar-refractivity contribution in [3.8, 4) is 0 Å². The molecule has 10 heavy (non-hydrogen) atoms. The van der Waals surface area contributed by atoms with E-state index in [2.05, 4.69) is 26.2 Å². The summed E-state index contributed by atoms with van der Waals surface area (Å²) in [6.07, 6.45) is 0.423. The van der Waals surface area contributed by atoms with Gasteiger partial charge in [-0.15, -0.1) is 0 Å². The zero-order valence-corrected chi connectivity index (χ0v) is 8.11. The molecule has 0 bridgehead atoms. The normalized spacial score (nSPS) is 24.5. The van der Waals surface area contributed by atoms with E-state index in [4.69, 9.17) is 4.74 Å². The molecular formula is C8H16OSi. The van der Waals surface area contributed by atoms with Crippen LogP contribution in [0.5, 0.6) is 0 Å². The van der Waals surface area contributed by atoms with Crippen LogP contribution in [0.15, 0.2) is 12.2 Å². The minimum absolute atomic E-state index is 0.423. The Hall–Kier alpha value is -0.0831. The monoisotopic (exact) mass is 156 g/mol. The van der Waals surface area contributed by atoms with Crippen LogP contribution in [0.2, 0.25) is 25.7 Å². The van der Waals surface area contributed by atoms with Gasteiger partial charge in [0.15, 0.2) is 0 Å². The fourth-order valence-corrected chi connectivity index (χ4v) is 2.67. The summed E-state index contributed by atoms with van der Waals surface area (Å²) in [5, 5.41) is 0. The lowest BCUT2D eigenvalue weighted by molar-refractivity contribution is 0.432. The molecule has 1 saturated heterocycles. The van der Waals surface area contributed by atoms with Gasteiger partial charge in [-0.3, -0.25) is 0 Å². The van der Waals surface area contributed by atoms with Gasteiger partial charge in [-0.1, -0.05) is 26.2 Å². The maximum atomic E-state index is 5.14. The maximum Gasteiger partial charge on any atom is 0.101 e. The number of ether oxygens (including phenoxy) is 1. The summed E-state index contributed by atoms with van der Waals surface area (Å²) in [6, 6.07) is 1.22. The fourth-order valence-electron chi connectivity index (χ4n) is 1.08. The summed E-state index contributed by atoms with van der Waals surface area (Å²) in [5.41, 5.74) is 1.32. The van der Waals surface area contributed by atoms with E-state index in [0.29, 0.717) is 6.10 Å². The van der Waals surface area contributed by atoms with Crippen LogP contribution < -0.4 is 0 Å². The second-order valence-electron chi connectivity index (χ2n) is 4.22. The highest BCUT2D eigenvalue weighted by molar-refractivity contribution is 6.76. The molecule has 1 heterocycles. The van der Waals surface area contributed by atoms with Crippen LogP contribution in [0.3, 0.4) is 0 Å². The van der Waals surface area contributed by atoms with Gasteiger partial charge in [-0.05, 0) is 11.6 Å². The standard InChI is InChI=1S/C8H16OSi/c1-7(8-5-9-8)6-10(2,3)4/h8H,1,5-6H2,2-4H3/t8-/m0/s1. The predicted molar refractivity (Wildman–Crippen MR) is 47.0 cm³/mol. The Kier molecular flexibility index (Phi) is 2.01. The molecule has 0 spiro atoms. The summed E-state index contributed by atoms with van der Waals surface area (Å²) in [5.74, 6) is 0. The van der Waals surface area contributed by atoms with E-state index in [9.17, 15) is 0 Å². The van der Waals surface area contributed by atoms with Crippen molar-refractivity contribution in [1.29, 1.82) is 0 Å². The van der Waals surface area contributed by atoms with Gasteiger partial charge in [0.25, 0.3) is 0 Å². The lowest BCUT2D eigenvalue weighted by atomic mass is 10.3. The van der Waals surface area contributed by atoms with Crippen molar-refractivity contribution in [2.24, 2.45) is 0 Å². The first kappa shape index (κ1) is 8.02. The van der Waals surface area contributed by atoms with E-state index in [1.165, 1.54) is 11.6 Å². The highest BCUT2D eigenvalue weighted by Gasteiger charge is 2.28. The molecule has 1 fully saturated rings. The quantitative estimate of drug-likeness (QED) is 0.347. The van der Waals surface area contributed by atoms with Gasteiger partial charge < -0.3 is 4.74 Å². The van der Waals surface area contributed by atoms with Gasteiger partial charge in [0.2, 0.25) is 0 Å². The molecule has 58 valence electrons. The molecular weight excluding hydrogens is 140 g/mol. The molecule has 0 amide bonds. The van der Waals surface area contributed by atoms with Crippen molar-refractivity contribution in [3.05, 3.63) is 12.2 Å². The highest BCUT2D eigenvalue weighted by Crippen LogP contribution is 2.25. The average molecular weight is 156 g/mol. The molecule has 2 heteroatoms. The minimum atomic E-state index is -0.923. The maximum absolute atomic E-state index is 5.14. The van der Waals surface area contributed by atoms with Crippen molar-refractivity contribution in [1.82, 2.24) is 0 Å². The molecule has 0 N–H and O–H groups in total. The average Bonchev–Trinajstić information content (AvgIpc) is 2.35. The molecule has 0 aromatic carbocycles. The third kappa shape index (κ3) is 2.67. The zero-order valence-electron chi connectivity index (χ0n) is 7.11. The molecule has 0 aromatic heterocycles. The first-order chi connectivity index (χ1) is 4.49. The fraction of sp³-hybridized carbons (Fsp3) is 0.750. The molecule has 1 nitrogen and oxygen atoms in total. The summed E-state index contributed by atoms with van der Waals surface area (Å²) in [4.78, 5) is 0. The molecule has 1 aliphatic heterocycles. The summed E-state index contributed by atoms with van der Waals surface area (Å²) in [6.45, 7) is 12.0. The molecule has 0 radical (unpaired) electrons. The smallest absolute Gasteiger partial charge is 0.101 e. The first-order valence-corrected chi connectivity index (χ1v) is 7.49. The number of hydrogen-bond donors (Lipinski definition) is 0. The Balaban J connectivity index is 2.30. The van der Waals surface area contributed by atoms with Crippen LogP contribution in [0.1, 0.15) is 0 Å². The van der Waals surface area contributed by atoms with Crippen molar-refractivity contribution in [2.75, 3.05) is 6.61 Å². The number of rotatable bonds is 3. The SMILES string of the molecule is C=C(C[Si](C)(C)C)[C@@H]1CO1. The van der Waals surface area contributed by atoms with E-state index < -0.39 is 8.07 Å². The van der Waals surface area contributed by atoms with Gasteiger partial charge in [-0.25, -0.2) is 0 Å². The lowest BCUT2D eigenvalue weighted by Crippen LogP contribution is -2.20. The van der Waals surface area contributed by atoms with Crippen molar-refractivity contribution in [3.63, 3.8) is 0 Å². The number of epoxide rings is 1. The van der Waals surface area contributed by atoms with Gasteiger partial charge in [0.05, 0.1) is 6.61 Å². The van der Waals surface area contributed by atoms with E-state index in [1.54, 1.807) is 0 Å². The third-order valence-corrected chi connectivity index (χ3v) is 3.06. The molecule has 1 atom stereocenters. The zero-order chi connectivity index (χ0) is 7.78. The van der Waals surface area contributed by atoms with Crippen LogP contribution in [-0.2, 0) is 4.74 Å². The summed E-state index contributed by atoms with van der Waals surface area (Å²) in [7, 11) is -0.923. The Morgan fingerprint density at radius 3 is 2.40 bits per heavy atom. The highest BCUT2D eigenvalue weighted by atomic mass is 28.3. The van der Waals surface area contributed by atoms with Crippen LogP contribution in [0.25, 0.3) is 0 Å². The molecule has 0 unspecified atom stereocenters. The topological polar surface area (TPSA) is 12.5 Å². The van der Waals surface area contributed by atoms with Gasteiger partial charge >= 0.3 is 0 Å². The second kappa shape index (κ2) is 2.51. The number of hydrogen-bond acceptors (Lipinski definition) is 1. The Morgan fingerprint density at radius 1 is 1.60 bits per heavy atom. The predicted octanol–water partition coefficient (Wildman–Crippen LogP) is 2.28. The van der Waals surface area contributed by atoms with Gasteiger partial charge in [-0.2, -0.15) is 0 Å². The third-order valence-electron chi connectivity index (χ3n) is 1.55. The summed E-state index contributed by atoms with van der Waals surface area (Å²) < 4.78 is 5.14. The Bertz CT molecular complexity index is 142. The minimum Gasteiger partial charge on any atom is -0.368 e. The van der Waals surface area contributed by atoms with Gasteiger partial charge in [0.1, 0.15) is 6.10 Å². The molecule has 1 rings (SSSR count). The molecule has 0 aromatic rings. The lowest BCUT2D eigenvalue weighted by Gasteiger charge is -2.15. The Labute approximate surface area is 64.1 Å². The molecule has 1 aliphatic rings. The second-order valence-corrected chi connectivity index (χ2v) is 9.69. The van der Waals surface area contributed by atoms with Crippen LogP contribution >= 0.6 is 0 Å². The summed E-state index contributed by atoms with van der Waals surface area (Å²) >= 11 is 0. The largest absolute Gasteiger partial charge is 0.368 e. The van der Waals surface area contributed by atoms with Crippen molar-refractivity contribution >= 4 is 8.07 Å². The van der Waals surface area contributed by atoms with Crippen molar-refractivity contribution < 1.29 is 4.74 Å². The van der Waals surface area contributed by atoms with E-state index >= 15 is 0 Å². The van der Waals surface area contributed by atoms with E-state index in [1.807, 2.05) is 0 Å². The van der Waals surface area contributed by atoms with E-state index in [0.717, 1.165) is 6.61 Å². The van der Waals surface area contributed by atoms with Crippen LogP contribution in [-0.4, -0.2) is 20.8 Å². The first-order valence-electron chi connectivity index (χ1n) is 3.78. The van der Waals surface area contributed by atoms with Gasteiger partial charge in [0, 0.05) is 8.07 Å². The molecule has 0 saturated carbocycles. The van der Waals surface area contributed by atoms with Crippen LogP contribution in [0, 0.1) is 0 Å². The molecule has 0 aliphatic carbocycles.